The zero-order valence-corrected chi connectivity index (χ0v) is 17.5. The van der Waals surface area contributed by atoms with Crippen LogP contribution in [0.15, 0.2) is 6.33 Å². The standard InChI is InChI=1S/C19H25N7O3/c1-10-15(12(3)26-19(22-10)20-9-21-26)7-8-16(27)29-14(5)18(28)23-17-11(2)24-25(6)13(17)4/h9,14H,7-8H2,1-6H3,(H,23,28)/t14-/m0/s1. The number of nitrogens with zero attached hydrogens (tertiary/aromatic N) is 6. The molecule has 0 aliphatic rings. The van der Waals surface area contributed by atoms with Crippen LogP contribution in [0.4, 0.5) is 5.69 Å². The summed E-state index contributed by atoms with van der Waals surface area (Å²) in [4.78, 5) is 33.2. The van der Waals surface area contributed by atoms with Crippen LogP contribution in [0.25, 0.3) is 5.78 Å². The molecule has 1 atom stereocenters. The Labute approximate surface area is 168 Å². The smallest absolute Gasteiger partial charge is 0.306 e. The second kappa shape index (κ2) is 7.98. The Balaban J connectivity index is 1.60. The van der Waals surface area contributed by atoms with Gasteiger partial charge in [0.05, 0.1) is 17.1 Å². The van der Waals surface area contributed by atoms with Crippen molar-refractivity contribution in [2.24, 2.45) is 7.05 Å². The largest absolute Gasteiger partial charge is 0.453 e. The summed E-state index contributed by atoms with van der Waals surface area (Å²) in [5, 5.41) is 11.2. The summed E-state index contributed by atoms with van der Waals surface area (Å²) in [5.41, 5.74) is 4.77. The fourth-order valence-electron chi connectivity index (χ4n) is 3.23. The van der Waals surface area contributed by atoms with E-state index < -0.39 is 18.0 Å². The van der Waals surface area contributed by atoms with Crippen LogP contribution in [0.5, 0.6) is 0 Å². The Morgan fingerprint density at radius 3 is 2.55 bits per heavy atom. The van der Waals surface area contributed by atoms with E-state index in [0.717, 1.165) is 22.6 Å². The van der Waals surface area contributed by atoms with Gasteiger partial charge in [0.1, 0.15) is 6.33 Å². The SMILES string of the molecule is Cc1nc2ncnn2c(C)c1CCC(=O)O[C@@H](C)C(=O)Nc1c(C)nn(C)c1C. The molecule has 0 unspecified atom stereocenters. The first-order chi connectivity index (χ1) is 13.7. The van der Waals surface area contributed by atoms with Crippen LogP contribution in [0.2, 0.25) is 0 Å². The van der Waals surface area contributed by atoms with Gasteiger partial charge in [-0.15, -0.1) is 0 Å². The summed E-state index contributed by atoms with van der Waals surface area (Å²) in [6.45, 7) is 9.00. The van der Waals surface area contributed by atoms with E-state index in [0.29, 0.717) is 23.6 Å². The molecule has 0 spiro atoms. The van der Waals surface area contributed by atoms with Crippen LogP contribution in [0, 0.1) is 27.7 Å². The zero-order chi connectivity index (χ0) is 21.3. The van der Waals surface area contributed by atoms with Gasteiger partial charge in [-0.3, -0.25) is 14.3 Å². The first kappa shape index (κ1) is 20.4. The number of amides is 1. The molecule has 0 bridgehead atoms. The lowest BCUT2D eigenvalue weighted by Crippen LogP contribution is -2.30. The average molecular weight is 399 g/mol. The van der Waals surface area contributed by atoms with Crippen LogP contribution in [-0.2, 0) is 27.8 Å². The lowest BCUT2D eigenvalue weighted by molar-refractivity contribution is -0.153. The molecule has 1 amide bonds. The number of hydrogen-bond acceptors (Lipinski definition) is 7. The number of esters is 1. The molecule has 0 aliphatic heterocycles. The summed E-state index contributed by atoms with van der Waals surface area (Å²) in [5.74, 6) is -0.321. The quantitative estimate of drug-likeness (QED) is 0.626. The van der Waals surface area contributed by atoms with Crippen molar-refractivity contribution >= 4 is 23.3 Å². The molecule has 3 rings (SSSR count). The zero-order valence-electron chi connectivity index (χ0n) is 17.5. The Kier molecular flexibility index (Phi) is 5.62. The number of aromatic nitrogens is 6. The highest BCUT2D eigenvalue weighted by atomic mass is 16.5. The summed E-state index contributed by atoms with van der Waals surface area (Å²) in [6.07, 6.45) is 1.10. The molecular weight excluding hydrogens is 374 g/mol. The molecule has 0 aliphatic carbocycles. The average Bonchev–Trinajstić information content (AvgIpc) is 3.21. The molecule has 3 heterocycles. The molecule has 1 N–H and O–H groups in total. The third-order valence-corrected chi connectivity index (χ3v) is 5.00. The third kappa shape index (κ3) is 4.10. The van der Waals surface area contributed by atoms with E-state index in [2.05, 4.69) is 25.5 Å². The van der Waals surface area contributed by atoms with Gasteiger partial charge in [0.15, 0.2) is 6.10 Å². The Morgan fingerprint density at radius 1 is 1.17 bits per heavy atom. The Hall–Kier alpha value is -3.30. The van der Waals surface area contributed by atoms with Crippen LogP contribution in [0.1, 0.15) is 41.7 Å². The van der Waals surface area contributed by atoms with Gasteiger partial charge >= 0.3 is 5.97 Å². The number of carbonyl (C=O) groups excluding carboxylic acids is 2. The van der Waals surface area contributed by atoms with Gasteiger partial charge in [0.2, 0.25) is 0 Å². The van der Waals surface area contributed by atoms with Crippen LogP contribution in [-0.4, -0.2) is 47.3 Å². The number of anilines is 1. The number of nitrogens with one attached hydrogen (secondary N) is 1. The first-order valence-corrected chi connectivity index (χ1v) is 9.35. The Bertz CT molecular complexity index is 1080. The van der Waals surface area contributed by atoms with E-state index in [1.165, 1.54) is 6.33 Å². The molecule has 3 aromatic heterocycles. The van der Waals surface area contributed by atoms with Crippen molar-refractivity contribution in [1.29, 1.82) is 0 Å². The fourth-order valence-corrected chi connectivity index (χ4v) is 3.23. The summed E-state index contributed by atoms with van der Waals surface area (Å²) in [6, 6.07) is 0. The predicted molar refractivity (Wildman–Crippen MR) is 105 cm³/mol. The van der Waals surface area contributed by atoms with Crippen molar-refractivity contribution in [1.82, 2.24) is 29.4 Å². The van der Waals surface area contributed by atoms with Crippen LogP contribution >= 0.6 is 0 Å². The van der Waals surface area contributed by atoms with E-state index in [-0.39, 0.29) is 6.42 Å². The molecule has 0 fully saturated rings. The summed E-state index contributed by atoms with van der Waals surface area (Å²) < 4.78 is 8.64. The van der Waals surface area contributed by atoms with Gasteiger partial charge in [-0.25, -0.2) is 9.50 Å². The minimum Gasteiger partial charge on any atom is -0.453 e. The van der Waals surface area contributed by atoms with E-state index in [4.69, 9.17) is 4.74 Å². The fraction of sp³-hybridized carbons (Fsp3) is 0.474. The highest BCUT2D eigenvalue weighted by molar-refractivity contribution is 5.96. The van der Waals surface area contributed by atoms with Gasteiger partial charge in [-0.05, 0) is 46.6 Å². The van der Waals surface area contributed by atoms with Gasteiger partial charge in [-0.1, -0.05) is 0 Å². The number of rotatable bonds is 6. The molecule has 10 nitrogen and oxygen atoms in total. The molecule has 10 heteroatoms. The molecule has 3 aromatic rings. The van der Waals surface area contributed by atoms with Gasteiger partial charge in [0, 0.05) is 24.9 Å². The second-order valence-electron chi connectivity index (χ2n) is 7.02. The molecular formula is C19H25N7O3. The van der Waals surface area contributed by atoms with E-state index in [1.54, 1.807) is 23.2 Å². The highest BCUT2D eigenvalue weighted by Crippen LogP contribution is 2.19. The molecule has 154 valence electrons. The molecule has 0 aromatic carbocycles. The van der Waals surface area contributed by atoms with E-state index in [1.807, 2.05) is 27.7 Å². The minimum absolute atomic E-state index is 0.131. The maximum atomic E-state index is 12.4. The topological polar surface area (TPSA) is 116 Å². The number of fused-ring (bicyclic) bond motifs is 1. The highest BCUT2D eigenvalue weighted by Gasteiger charge is 2.21. The van der Waals surface area contributed by atoms with Crippen molar-refractivity contribution in [3.63, 3.8) is 0 Å². The monoisotopic (exact) mass is 399 g/mol. The van der Waals surface area contributed by atoms with Crippen molar-refractivity contribution in [3.8, 4) is 0 Å². The van der Waals surface area contributed by atoms with Gasteiger partial charge in [-0.2, -0.15) is 15.2 Å². The van der Waals surface area contributed by atoms with Crippen LogP contribution < -0.4 is 5.32 Å². The molecule has 29 heavy (non-hydrogen) atoms. The number of carbonyl (C=O) groups is 2. The molecule has 0 saturated heterocycles. The van der Waals surface area contributed by atoms with Gasteiger partial charge < -0.3 is 10.1 Å². The Morgan fingerprint density at radius 2 is 1.90 bits per heavy atom. The normalized spacial score (nSPS) is 12.2. The minimum atomic E-state index is -0.917. The van der Waals surface area contributed by atoms with E-state index in [9.17, 15) is 9.59 Å². The van der Waals surface area contributed by atoms with Gasteiger partial charge in [0.25, 0.3) is 11.7 Å². The van der Waals surface area contributed by atoms with Crippen LogP contribution in [0.3, 0.4) is 0 Å². The second-order valence-corrected chi connectivity index (χ2v) is 7.02. The lowest BCUT2D eigenvalue weighted by atomic mass is 10.1. The number of ether oxygens (including phenoxy) is 1. The summed E-state index contributed by atoms with van der Waals surface area (Å²) in [7, 11) is 1.80. The maximum absolute atomic E-state index is 12.4. The maximum Gasteiger partial charge on any atom is 0.306 e. The third-order valence-electron chi connectivity index (χ3n) is 5.00. The predicted octanol–water partition coefficient (Wildman–Crippen LogP) is 1.59. The van der Waals surface area contributed by atoms with E-state index >= 15 is 0 Å². The number of aryl methyl sites for hydroxylation is 4. The first-order valence-electron chi connectivity index (χ1n) is 9.35. The van der Waals surface area contributed by atoms with Crippen molar-refractivity contribution in [2.75, 3.05) is 5.32 Å². The molecule has 0 radical (unpaired) electrons. The molecule has 0 saturated carbocycles. The van der Waals surface area contributed by atoms with Crippen molar-refractivity contribution in [2.45, 2.75) is 53.6 Å². The lowest BCUT2D eigenvalue weighted by Gasteiger charge is -2.14. The van der Waals surface area contributed by atoms with Crippen molar-refractivity contribution in [3.05, 3.63) is 34.7 Å². The van der Waals surface area contributed by atoms with Crippen molar-refractivity contribution < 1.29 is 14.3 Å². The number of hydrogen-bond donors (Lipinski definition) is 1. The summed E-state index contributed by atoms with van der Waals surface area (Å²) >= 11 is 0.